The molecular formula is C5H10ClF2N. The summed E-state index contributed by atoms with van der Waals surface area (Å²) in [5, 5.41) is 2.63. The minimum Gasteiger partial charge on any atom is -0.311 e. The molecule has 0 aliphatic carbocycles. The van der Waals surface area contributed by atoms with Gasteiger partial charge in [-0.1, -0.05) is 0 Å². The maximum atomic E-state index is 12.1. The lowest BCUT2D eigenvalue weighted by molar-refractivity contribution is 0.173. The Hall–Kier alpha value is 0.110. The minimum absolute atomic E-state index is 0. The molecule has 56 valence electrons. The molecule has 0 spiro atoms. The Kier molecular flexibility index (Phi) is 4.06. The first-order valence-corrected chi connectivity index (χ1v) is 2.78. The maximum Gasteiger partial charge on any atom is 0.115 e. The van der Waals surface area contributed by atoms with E-state index in [1.165, 1.54) is 0 Å². The highest BCUT2D eigenvalue weighted by molar-refractivity contribution is 5.85. The Balaban J connectivity index is 0.000000640. The summed E-state index contributed by atoms with van der Waals surface area (Å²) < 4.78 is 24.3. The van der Waals surface area contributed by atoms with E-state index in [-0.39, 0.29) is 18.8 Å². The second kappa shape index (κ2) is 4.01. The first-order chi connectivity index (χ1) is 3.79. The van der Waals surface area contributed by atoms with E-state index in [4.69, 9.17) is 0 Å². The molecule has 9 heavy (non-hydrogen) atoms. The lowest BCUT2D eigenvalue weighted by atomic mass is 10.1. The van der Waals surface area contributed by atoms with Crippen LogP contribution in [0.2, 0.25) is 0 Å². The highest BCUT2D eigenvalue weighted by atomic mass is 35.5. The molecule has 2 atom stereocenters. The van der Waals surface area contributed by atoms with Crippen LogP contribution in [-0.2, 0) is 0 Å². The predicted molar refractivity (Wildman–Crippen MR) is 34.5 cm³/mol. The van der Waals surface area contributed by atoms with Crippen molar-refractivity contribution in [1.82, 2.24) is 5.32 Å². The normalized spacial score (nSPS) is 35.3. The molecule has 1 nitrogen and oxygen atoms in total. The molecular weight excluding hydrogens is 148 g/mol. The number of alkyl halides is 2. The van der Waals surface area contributed by atoms with Gasteiger partial charge in [-0.25, -0.2) is 8.78 Å². The van der Waals surface area contributed by atoms with Gasteiger partial charge in [-0.05, 0) is 0 Å². The van der Waals surface area contributed by atoms with Gasteiger partial charge in [-0.2, -0.15) is 0 Å². The molecule has 0 aromatic carbocycles. The van der Waals surface area contributed by atoms with E-state index >= 15 is 0 Å². The van der Waals surface area contributed by atoms with Crippen molar-refractivity contribution >= 4 is 12.4 Å². The summed E-state index contributed by atoms with van der Waals surface area (Å²) in [5.74, 6) is 0. The Labute approximate surface area is 59.2 Å². The van der Waals surface area contributed by atoms with Crippen LogP contribution in [0.5, 0.6) is 0 Å². The average molecular weight is 158 g/mol. The average Bonchev–Trinajstić information content (AvgIpc) is 1.64. The number of nitrogens with one attached hydrogen (secondary N) is 1. The highest BCUT2D eigenvalue weighted by Gasteiger charge is 2.19. The zero-order chi connectivity index (χ0) is 5.98. The zero-order valence-corrected chi connectivity index (χ0v) is 5.76. The zero-order valence-electron chi connectivity index (χ0n) is 4.94. The second-order valence-electron chi connectivity index (χ2n) is 2.09. The summed E-state index contributed by atoms with van der Waals surface area (Å²) in [6.07, 6.45) is -1.87. The largest absolute Gasteiger partial charge is 0.311 e. The first-order valence-electron chi connectivity index (χ1n) is 2.78. The van der Waals surface area contributed by atoms with Gasteiger partial charge < -0.3 is 5.32 Å². The first kappa shape index (κ1) is 9.11. The van der Waals surface area contributed by atoms with Gasteiger partial charge >= 0.3 is 0 Å². The lowest BCUT2D eigenvalue weighted by Crippen LogP contribution is -2.38. The molecule has 1 aliphatic heterocycles. The monoisotopic (exact) mass is 157 g/mol. The van der Waals surface area contributed by atoms with Crippen LogP contribution in [0.15, 0.2) is 0 Å². The molecule has 1 heterocycles. The van der Waals surface area contributed by atoms with E-state index < -0.39 is 12.3 Å². The van der Waals surface area contributed by atoms with Gasteiger partial charge in [0, 0.05) is 19.5 Å². The third-order valence-electron chi connectivity index (χ3n) is 1.24. The fraction of sp³-hybridized carbons (Fsp3) is 1.00. The van der Waals surface area contributed by atoms with Gasteiger partial charge in [-0.15, -0.1) is 12.4 Å². The van der Waals surface area contributed by atoms with Crippen LogP contribution in [0.3, 0.4) is 0 Å². The third kappa shape index (κ3) is 2.96. The van der Waals surface area contributed by atoms with Crippen LogP contribution in [-0.4, -0.2) is 25.4 Å². The van der Waals surface area contributed by atoms with E-state index in [1.807, 2.05) is 0 Å². The van der Waals surface area contributed by atoms with Crippen LogP contribution in [0, 0.1) is 0 Å². The fourth-order valence-corrected chi connectivity index (χ4v) is 0.841. The Morgan fingerprint density at radius 1 is 1.11 bits per heavy atom. The van der Waals surface area contributed by atoms with Crippen molar-refractivity contribution in [2.45, 2.75) is 18.8 Å². The summed E-state index contributed by atoms with van der Waals surface area (Å²) in [5.41, 5.74) is 0. The van der Waals surface area contributed by atoms with E-state index in [9.17, 15) is 8.78 Å². The van der Waals surface area contributed by atoms with Gasteiger partial charge in [-0.3, -0.25) is 0 Å². The highest BCUT2D eigenvalue weighted by Crippen LogP contribution is 2.08. The van der Waals surface area contributed by atoms with Gasteiger partial charge in [0.2, 0.25) is 0 Å². The topological polar surface area (TPSA) is 12.0 Å². The van der Waals surface area contributed by atoms with Crippen LogP contribution in [0.4, 0.5) is 8.78 Å². The summed E-state index contributed by atoms with van der Waals surface area (Å²) >= 11 is 0. The van der Waals surface area contributed by atoms with Crippen LogP contribution < -0.4 is 5.32 Å². The number of piperidine rings is 1. The minimum atomic E-state index is -0.973. The van der Waals surface area contributed by atoms with Crippen LogP contribution >= 0.6 is 12.4 Å². The van der Waals surface area contributed by atoms with Gasteiger partial charge in [0.25, 0.3) is 0 Å². The molecule has 0 saturated carbocycles. The van der Waals surface area contributed by atoms with Crippen molar-refractivity contribution < 1.29 is 8.78 Å². The smallest absolute Gasteiger partial charge is 0.115 e. The number of hydrogen-bond acceptors (Lipinski definition) is 1. The van der Waals surface area contributed by atoms with Crippen molar-refractivity contribution in [3.05, 3.63) is 0 Å². The van der Waals surface area contributed by atoms with Crippen molar-refractivity contribution in [3.8, 4) is 0 Å². The standard InChI is InChI=1S/C5H9F2N.ClH/c6-4-1-5(7)3-8-2-4;/h4-5,8H,1-3H2;1H/t4-,5+;. The molecule has 0 radical (unpaired) electrons. The van der Waals surface area contributed by atoms with Gasteiger partial charge in [0.05, 0.1) is 0 Å². The molecule has 0 aromatic heterocycles. The predicted octanol–water partition coefficient (Wildman–Crippen LogP) is 1.08. The molecule has 1 fully saturated rings. The quantitative estimate of drug-likeness (QED) is 0.555. The molecule has 4 heteroatoms. The van der Waals surface area contributed by atoms with Crippen molar-refractivity contribution in [2.24, 2.45) is 0 Å². The van der Waals surface area contributed by atoms with E-state index in [2.05, 4.69) is 5.32 Å². The molecule has 1 saturated heterocycles. The number of hydrogen-bond donors (Lipinski definition) is 1. The summed E-state index contributed by atoms with van der Waals surface area (Å²) in [4.78, 5) is 0. The lowest BCUT2D eigenvalue weighted by Gasteiger charge is -2.18. The molecule has 0 bridgehead atoms. The number of halogens is 3. The van der Waals surface area contributed by atoms with Crippen molar-refractivity contribution in [3.63, 3.8) is 0 Å². The summed E-state index contributed by atoms with van der Waals surface area (Å²) in [6, 6.07) is 0. The Morgan fingerprint density at radius 3 is 1.78 bits per heavy atom. The van der Waals surface area contributed by atoms with Gasteiger partial charge in [0.15, 0.2) is 0 Å². The molecule has 1 aliphatic rings. The van der Waals surface area contributed by atoms with Gasteiger partial charge in [0.1, 0.15) is 12.3 Å². The molecule has 0 amide bonds. The van der Waals surface area contributed by atoms with Crippen LogP contribution in [0.1, 0.15) is 6.42 Å². The molecule has 1 N–H and O–H groups in total. The van der Waals surface area contributed by atoms with Crippen molar-refractivity contribution in [2.75, 3.05) is 13.1 Å². The Bertz CT molecular complexity index is 73.4. The molecule has 1 rings (SSSR count). The molecule has 0 aromatic rings. The maximum absolute atomic E-state index is 12.1. The summed E-state index contributed by atoms with van der Waals surface area (Å²) in [7, 11) is 0. The number of rotatable bonds is 0. The summed E-state index contributed by atoms with van der Waals surface area (Å²) in [6.45, 7) is 0.640. The SMILES string of the molecule is Cl.F[C@@H]1CNC[C@H](F)C1. The van der Waals surface area contributed by atoms with E-state index in [0.717, 1.165) is 0 Å². The Morgan fingerprint density at radius 2 is 1.56 bits per heavy atom. The van der Waals surface area contributed by atoms with Crippen molar-refractivity contribution in [1.29, 1.82) is 0 Å². The molecule has 0 unspecified atom stereocenters. The van der Waals surface area contributed by atoms with E-state index in [0.29, 0.717) is 13.1 Å². The fourth-order valence-electron chi connectivity index (χ4n) is 0.841. The second-order valence-corrected chi connectivity index (χ2v) is 2.09. The van der Waals surface area contributed by atoms with Crippen LogP contribution in [0.25, 0.3) is 0 Å². The van der Waals surface area contributed by atoms with E-state index in [1.54, 1.807) is 0 Å². The third-order valence-corrected chi connectivity index (χ3v) is 1.24.